The fraction of sp³-hybridized carbons (Fsp3) is 0.417. The SMILES string of the molecule is NCC1CCC(C(=O)Nc2cccc([N+](=O)[O-])c2)O1. The lowest BCUT2D eigenvalue weighted by Gasteiger charge is -2.12. The summed E-state index contributed by atoms with van der Waals surface area (Å²) in [5.74, 6) is -0.295. The van der Waals surface area contributed by atoms with E-state index in [2.05, 4.69) is 5.32 Å². The van der Waals surface area contributed by atoms with Gasteiger partial charge in [0.25, 0.3) is 11.6 Å². The molecule has 0 radical (unpaired) electrons. The molecule has 1 aromatic rings. The van der Waals surface area contributed by atoms with Crippen LogP contribution in [0.15, 0.2) is 24.3 Å². The molecule has 3 N–H and O–H groups in total. The monoisotopic (exact) mass is 265 g/mol. The van der Waals surface area contributed by atoms with Gasteiger partial charge in [-0.1, -0.05) is 6.07 Å². The second-order valence-corrected chi connectivity index (χ2v) is 4.36. The topological polar surface area (TPSA) is 107 Å². The van der Waals surface area contributed by atoms with Crippen LogP contribution >= 0.6 is 0 Å². The molecule has 1 aliphatic rings. The Kier molecular flexibility index (Phi) is 4.08. The van der Waals surface area contributed by atoms with Crippen molar-refractivity contribution in [2.24, 2.45) is 5.73 Å². The minimum absolute atomic E-state index is 0.0648. The molecule has 102 valence electrons. The van der Waals surface area contributed by atoms with Crippen LogP contribution in [-0.2, 0) is 9.53 Å². The Labute approximate surface area is 109 Å². The fourth-order valence-electron chi connectivity index (χ4n) is 1.99. The van der Waals surface area contributed by atoms with Gasteiger partial charge in [-0.3, -0.25) is 14.9 Å². The Morgan fingerprint density at radius 1 is 1.53 bits per heavy atom. The molecule has 0 aliphatic carbocycles. The van der Waals surface area contributed by atoms with Crippen molar-refractivity contribution in [1.29, 1.82) is 0 Å². The normalized spacial score (nSPS) is 22.2. The van der Waals surface area contributed by atoms with Crippen molar-refractivity contribution in [3.63, 3.8) is 0 Å². The van der Waals surface area contributed by atoms with E-state index in [9.17, 15) is 14.9 Å². The van der Waals surface area contributed by atoms with Crippen molar-refractivity contribution in [2.75, 3.05) is 11.9 Å². The van der Waals surface area contributed by atoms with E-state index < -0.39 is 11.0 Å². The standard InChI is InChI=1S/C12H15N3O4/c13-7-10-4-5-11(19-10)12(16)14-8-2-1-3-9(6-8)15(17)18/h1-3,6,10-11H,4-5,7,13H2,(H,14,16). The van der Waals surface area contributed by atoms with Crippen LogP contribution in [-0.4, -0.2) is 29.6 Å². The summed E-state index contributed by atoms with van der Waals surface area (Å²) in [4.78, 5) is 22.0. The number of carbonyl (C=O) groups is 1. The Hall–Kier alpha value is -1.99. The predicted octanol–water partition coefficient (Wildman–Crippen LogP) is 1.04. The number of amides is 1. The molecule has 0 aromatic heterocycles. The molecule has 7 heteroatoms. The number of nitrogens with two attached hydrogens (primary N) is 1. The molecule has 1 aromatic carbocycles. The van der Waals surface area contributed by atoms with Gasteiger partial charge in [-0.25, -0.2) is 0 Å². The van der Waals surface area contributed by atoms with Gasteiger partial charge in [0.1, 0.15) is 6.10 Å². The first kappa shape index (κ1) is 13.4. The number of anilines is 1. The summed E-state index contributed by atoms with van der Waals surface area (Å²) >= 11 is 0. The van der Waals surface area contributed by atoms with Crippen LogP contribution in [0.2, 0.25) is 0 Å². The highest BCUT2D eigenvalue weighted by Crippen LogP contribution is 2.22. The molecule has 0 saturated carbocycles. The third-order valence-electron chi connectivity index (χ3n) is 2.99. The minimum atomic E-state index is -0.534. The highest BCUT2D eigenvalue weighted by atomic mass is 16.6. The summed E-state index contributed by atoms with van der Waals surface area (Å²) in [7, 11) is 0. The summed E-state index contributed by atoms with van der Waals surface area (Å²) < 4.78 is 5.45. The molecular formula is C12H15N3O4. The Morgan fingerprint density at radius 3 is 2.95 bits per heavy atom. The van der Waals surface area contributed by atoms with Crippen molar-refractivity contribution in [3.05, 3.63) is 34.4 Å². The number of ether oxygens (including phenoxy) is 1. The molecule has 1 fully saturated rings. The highest BCUT2D eigenvalue weighted by Gasteiger charge is 2.29. The van der Waals surface area contributed by atoms with Crippen LogP contribution in [0.4, 0.5) is 11.4 Å². The summed E-state index contributed by atoms with van der Waals surface area (Å²) in [6.07, 6.45) is 0.750. The smallest absolute Gasteiger partial charge is 0.271 e. The van der Waals surface area contributed by atoms with Crippen molar-refractivity contribution in [2.45, 2.75) is 25.0 Å². The highest BCUT2D eigenvalue weighted by molar-refractivity contribution is 5.94. The molecule has 19 heavy (non-hydrogen) atoms. The summed E-state index contributed by atoms with van der Waals surface area (Å²) in [5.41, 5.74) is 5.79. The number of rotatable bonds is 4. The quantitative estimate of drug-likeness (QED) is 0.624. The molecule has 0 bridgehead atoms. The average molecular weight is 265 g/mol. The summed E-state index contributed by atoms with van der Waals surface area (Å²) in [6, 6.07) is 5.80. The lowest BCUT2D eigenvalue weighted by atomic mass is 10.2. The molecule has 1 amide bonds. The van der Waals surface area contributed by atoms with E-state index in [1.54, 1.807) is 6.07 Å². The number of nitro groups is 1. The van der Waals surface area contributed by atoms with Crippen molar-refractivity contribution in [1.82, 2.24) is 0 Å². The third kappa shape index (κ3) is 3.27. The lowest BCUT2D eigenvalue weighted by molar-refractivity contribution is -0.384. The molecular weight excluding hydrogens is 250 g/mol. The van der Waals surface area contributed by atoms with Gasteiger partial charge in [0.15, 0.2) is 0 Å². The zero-order valence-electron chi connectivity index (χ0n) is 10.2. The van der Waals surface area contributed by atoms with Crippen molar-refractivity contribution in [3.8, 4) is 0 Å². The van der Waals surface area contributed by atoms with Gasteiger partial charge in [-0.15, -0.1) is 0 Å². The maximum atomic E-state index is 11.9. The Bertz CT molecular complexity index is 492. The van der Waals surface area contributed by atoms with Crippen molar-refractivity contribution < 1.29 is 14.5 Å². The van der Waals surface area contributed by atoms with E-state index in [0.29, 0.717) is 18.7 Å². The van der Waals surface area contributed by atoms with Gasteiger partial charge in [0, 0.05) is 24.4 Å². The number of benzene rings is 1. The van der Waals surface area contributed by atoms with E-state index in [1.165, 1.54) is 18.2 Å². The second-order valence-electron chi connectivity index (χ2n) is 4.36. The molecule has 2 unspecified atom stereocenters. The van der Waals surface area contributed by atoms with Gasteiger partial charge in [0.05, 0.1) is 11.0 Å². The van der Waals surface area contributed by atoms with Gasteiger partial charge in [0.2, 0.25) is 0 Å². The summed E-state index contributed by atoms with van der Waals surface area (Å²) in [5, 5.41) is 13.2. The number of carbonyl (C=O) groups excluding carboxylic acids is 1. The number of nitro benzene ring substituents is 1. The first-order chi connectivity index (χ1) is 9.10. The predicted molar refractivity (Wildman–Crippen MR) is 68.7 cm³/mol. The lowest BCUT2D eigenvalue weighted by Crippen LogP contribution is -2.29. The number of non-ortho nitro benzene ring substituents is 1. The number of nitrogens with one attached hydrogen (secondary N) is 1. The Balaban J connectivity index is 1.99. The zero-order chi connectivity index (χ0) is 13.8. The van der Waals surface area contributed by atoms with Crippen LogP contribution in [0.25, 0.3) is 0 Å². The van der Waals surface area contributed by atoms with E-state index in [-0.39, 0.29) is 17.7 Å². The van der Waals surface area contributed by atoms with Crippen LogP contribution in [0.5, 0.6) is 0 Å². The van der Waals surface area contributed by atoms with Gasteiger partial charge >= 0.3 is 0 Å². The van der Waals surface area contributed by atoms with Gasteiger partial charge in [-0.05, 0) is 18.9 Å². The van der Waals surface area contributed by atoms with Crippen LogP contribution in [0.3, 0.4) is 0 Å². The molecule has 1 aliphatic heterocycles. The summed E-state index contributed by atoms with van der Waals surface area (Å²) in [6.45, 7) is 0.389. The first-order valence-corrected chi connectivity index (χ1v) is 6.01. The third-order valence-corrected chi connectivity index (χ3v) is 2.99. The minimum Gasteiger partial charge on any atom is -0.364 e. The van der Waals surface area contributed by atoms with Crippen molar-refractivity contribution >= 4 is 17.3 Å². The van der Waals surface area contributed by atoms with E-state index in [0.717, 1.165) is 6.42 Å². The molecule has 7 nitrogen and oxygen atoms in total. The number of nitrogens with zero attached hydrogens (tertiary/aromatic N) is 1. The number of hydrogen-bond acceptors (Lipinski definition) is 5. The average Bonchev–Trinajstić information content (AvgIpc) is 2.88. The van der Waals surface area contributed by atoms with E-state index in [4.69, 9.17) is 10.5 Å². The van der Waals surface area contributed by atoms with Gasteiger partial charge < -0.3 is 15.8 Å². The van der Waals surface area contributed by atoms with Gasteiger partial charge in [-0.2, -0.15) is 0 Å². The van der Waals surface area contributed by atoms with Crippen LogP contribution < -0.4 is 11.1 Å². The maximum absolute atomic E-state index is 11.9. The first-order valence-electron chi connectivity index (χ1n) is 6.01. The van der Waals surface area contributed by atoms with Crippen LogP contribution in [0, 0.1) is 10.1 Å². The maximum Gasteiger partial charge on any atom is 0.271 e. The zero-order valence-corrected chi connectivity index (χ0v) is 10.2. The molecule has 2 atom stereocenters. The Morgan fingerprint density at radius 2 is 2.32 bits per heavy atom. The number of hydrogen-bond donors (Lipinski definition) is 2. The molecule has 0 spiro atoms. The van der Waals surface area contributed by atoms with Crippen LogP contribution in [0.1, 0.15) is 12.8 Å². The largest absolute Gasteiger partial charge is 0.364 e. The fourth-order valence-corrected chi connectivity index (χ4v) is 1.99. The van der Waals surface area contributed by atoms with E-state index >= 15 is 0 Å². The molecule has 1 heterocycles. The second kappa shape index (κ2) is 5.77. The molecule has 1 saturated heterocycles. The molecule has 2 rings (SSSR count). The van der Waals surface area contributed by atoms with E-state index in [1.807, 2.05) is 0 Å².